The molecule has 126 valence electrons. The molecule has 1 amide bonds. The third-order valence-electron chi connectivity index (χ3n) is 4.64. The fourth-order valence-corrected chi connectivity index (χ4v) is 3.06. The maximum atomic E-state index is 13.5. The minimum absolute atomic E-state index is 0.0168. The number of aliphatic carboxylic acids is 1. The first kappa shape index (κ1) is 17.7. The van der Waals surface area contributed by atoms with Gasteiger partial charge in [0, 0.05) is 24.0 Å². The highest BCUT2D eigenvalue weighted by atomic mass is 35.5. The molecule has 1 fully saturated rings. The molecule has 1 aromatic carbocycles. The molecule has 7 heteroatoms. The molecule has 1 aliphatic carbocycles. The highest BCUT2D eigenvalue weighted by molar-refractivity contribution is 6.30. The largest absolute Gasteiger partial charge is 0.479 e. The molecular formula is C16H19ClFNO4. The molecule has 2 unspecified atom stereocenters. The highest BCUT2D eigenvalue weighted by Gasteiger charge is 2.66. The molecule has 0 radical (unpaired) electrons. The van der Waals surface area contributed by atoms with E-state index in [2.05, 4.69) is 5.32 Å². The second kappa shape index (κ2) is 6.09. The van der Waals surface area contributed by atoms with Crippen molar-refractivity contribution in [1.82, 2.24) is 5.32 Å². The Hall–Kier alpha value is -1.66. The Morgan fingerprint density at radius 2 is 2.13 bits per heavy atom. The lowest BCUT2D eigenvalue weighted by Gasteiger charge is -2.58. The number of carboxylic acid groups (broad SMARTS) is 1. The number of ether oxygens (including phenoxy) is 1. The van der Waals surface area contributed by atoms with E-state index in [1.165, 1.54) is 12.1 Å². The van der Waals surface area contributed by atoms with E-state index in [4.69, 9.17) is 16.3 Å². The average Bonchev–Trinajstić information content (AvgIpc) is 2.48. The molecule has 0 saturated heterocycles. The summed E-state index contributed by atoms with van der Waals surface area (Å²) in [7, 11) is 0. The number of hydrogen-bond acceptors (Lipinski definition) is 3. The number of carbonyl (C=O) groups is 2. The summed E-state index contributed by atoms with van der Waals surface area (Å²) in [6.45, 7) is 5.74. The van der Waals surface area contributed by atoms with Crippen LogP contribution in [-0.4, -0.2) is 35.2 Å². The Morgan fingerprint density at radius 1 is 1.48 bits per heavy atom. The number of halogens is 2. The van der Waals surface area contributed by atoms with Gasteiger partial charge in [-0.1, -0.05) is 25.4 Å². The Balaban J connectivity index is 2.26. The normalized spacial score (nSPS) is 25.5. The molecule has 23 heavy (non-hydrogen) atoms. The second-order valence-corrected chi connectivity index (χ2v) is 6.57. The lowest BCUT2D eigenvalue weighted by molar-refractivity contribution is -0.190. The van der Waals surface area contributed by atoms with Gasteiger partial charge in [-0.3, -0.25) is 4.79 Å². The first-order valence-electron chi connectivity index (χ1n) is 7.28. The average molecular weight is 344 g/mol. The summed E-state index contributed by atoms with van der Waals surface area (Å²) in [5.41, 5.74) is -2.24. The van der Waals surface area contributed by atoms with Crippen molar-refractivity contribution in [2.75, 3.05) is 6.61 Å². The predicted molar refractivity (Wildman–Crippen MR) is 83.1 cm³/mol. The van der Waals surface area contributed by atoms with Gasteiger partial charge in [0.2, 0.25) is 0 Å². The molecule has 1 aromatic rings. The number of carbonyl (C=O) groups excluding carboxylic acids is 1. The van der Waals surface area contributed by atoms with Crippen molar-refractivity contribution in [2.45, 2.75) is 38.8 Å². The Labute approximate surface area is 138 Å². The Morgan fingerprint density at radius 3 is 2.61 bits per heavy atom. The number of nitrogens with one attached hydrogen (secondary N) is 1. The number of carboxylic acids is 1. The lowest BCUT2D eigenvalue weighted by Crippen LogP contribution is -2.76. The Kier molecular flexibility index (Phi) is 4.69. The molecule has 0 spiro atoms. The summed E-state index contributed by atoms with van der Waals surface area (Å²) in [5.74, 6) is -2.53. The van der Waals surface area contributed by atoms with Gasteiger partial charge in [-0.2, -0.15) is 0 Å². The fourth-order valence-electron chi connectivity index (χ4n) is 2.94. The number of rotatable bonds is 5. The number of amides is 1. The van der Waals surface area contributed by atoms with Crippen molar-refractivity contribution in [3.05, 3.63) is 34.6 Å². The second-order valence-electron chi connectivity index (χ2n) is 6.16. The summed E-state index contributed by atoms with van der Waals surface area (Å²) in [5, 5.41) is 12.1. The zero-order valence-corrected chi connectivity index (χ0v) is 13.9. The van der Waals surface area contributed by atoms with Crippen LogP contribution in [0.4, 0.5) is 4.39 Å². The van der Waals surface area contributed by atoms with Crippen molar-refractivity contribution >= 4 is 23.5 Å². The van der Waals surface area contributed by atoms with Crippen LogP contribution in [0.15, 0.2) is 18.2 Å². The fraction of sp³-hybridized carbons (Fsp3) is 0.500. The van der Waals surface area contributed by atoms with E-state index in [1.54, 1.807) is 13.8 Å². The van der Waals surface area contributed by atoms with Gasteiger partial charge in [0.25, 0.3) is 5.91 Å². The molecule has 2 rings (SSSR count). The minimum atomic E-state index is -1.46. The van der Waals surface area contributed by atoms with Gasteiger partial charge in [-0.05, 0) is 25.1 Å². The minimum Gasteiger partial charge on any atom is -0.479 e. The van der Waals surface area contributed by atoms with Gasteiger partial charge in [0.05, 0.1) is 11.1 Å². The smallest absolute Gasteiger partial charge is 0.330 e. The van der Waals surface area contributed by atoms with Crippen molar-refractivity contribution in [1.29, 1.82) is 0 Å². The van der Waals surface area contributed by atoms with Crippen LogP contribution >= 0.6 is 11.6 Å². The molecule has 1 saturated carbocycles. The van der Waals surface area contributed by atoms with Gasteiger partial charge in [-0.15, -0.1) is 0 Å². The topological polar surface area (TPSA) is 75.6 Å². The maximum absolute atomic E-state index is 13.5. The molecule has 0 aliphatic heterocycles. The highest BCUT2D eigenvalue weighted by Crippen LogP contribution is 2.51. The lowest BCUT2D eigenvalue weighted by atomic mass is 9.54. The zero-order valence-electron chi connectivity index (χ0n) is 13.2. The first-order chi connectivity index (χ1) is 10.7. The SMILES string of the molecule is CCOC1CC(NC(=O)c2ccc(Cl)c(F)c2)(C(=O)O)C1(C)C. The van der Waals surface area contributed by atoms with Crippen LogP contribution < -0.4 is 5.32 Å². The predicted octanol–water partition coefficient (Wildman–Crippen LogP) is 2.87. The summed E-state index contributed by atoms with van der Waals surface area (Å²) in [4.78, 5) is 24.1. The summed E-state index contributed by atoms with van der Waals surface area (Å²) in [6, 6.07) is 3.59. The van der Waals surface area contributed by atoms with E-state index in [-0.39, 0.29) is 23.1 Å². The van der Waals surface area contributed by atoms with E-state index in [9.17, 15) is 19.1 Å². The third kappa shape index (κ3) is 2.81. The van der Waals surface area contributed by atoms with Crippen LogP contribution in [0.25, 0.3) is 0 Å². The van der Waals surface area contributed by atoms with Gasteiger partial charge in [0.15, 0.2) is 0 Å². The van der Waals surface area contributed by atoms with E-state index >= 15 is 0 Å². The zero-order chi connectivity index (χ0) is 17.4. The molecule has 2 atom stereocenters. The van der Waals surface area contributed by atoms with Crippen LogP contribution in [0.1, 0.15) is 37.6 Å². The van der Waals surface area contributed by atoms with Crippen molar-refractivity contribution < 1.29 is 23.8 Å². The monoisotopic (exact) mass is 343 g/mol. The Bertz CT molecular complexity index is 649. The van der Waals surface area contributed by atoms with Crippen LogP contribution in [0, 0.1) is 11.2 Å². The summed E-state index contributed by atoms with van der Waals surface area (Å²) >= 11 is 5.59. The van der Waals surface area contributed by atoms with Crippen LogP contribution in [0.2, 0.25) is 5.02 Å². The third-order valence-corrected chi connectivity index (χ3v) is 4.94. The molecule has 0 aromatic heterocycles. The van der Waals surface area contributed by atoms with Crippen molar-refractivity contribution in [2.24, 2.45) is 5.41 Å². The molecule has 0 bridgehead atoms. The van der Waals surface area contributed by atoms with Gasteiger partial charge in [0.1, 0.15) is 11.4 Å². The van der Waals surface area contributed by atoms with Crippen LogP contribution in [0.3, 0.4) is 0 Å². The summed E-state index contributed by atoms with van der Waals surface area (Å²) < 4.78 is 19.0. The van der Waals surface area contributed by atoms with Gasteiger partial charge in [-0.25, -0.2) is 9.18 Å². The van der Waals surface area contributed by atoms with E-state index in [1.807, 2.05) is 6.92 Å². The molecule has 0 heterocycles. The molecule has 2 N–H and O–H groups in total. The maximum Gasteiger partial charge on any atom is 0.330 e. The van der Waals surface area contributed by atoms with Crippen LogP contribution in [0.5, 0.6) is 0 Å². The molecule has 5 nitrogen and oxygen atoms in total. The van der Waals surface area contributed by atoms with Crippen molar-refractivity contribution in [3.8, 4) is 0 Å². The van der Waals surface area contributed by atoms with Crippen molar-refractivity contribution in [3.63, 3.8) is 0 Å². The van der Waals surface area contributed by atoms with Gasteiger partial charge >= 0.3 is 5.97 Å². The van der Waals surface area contributed by atoms with Gasteiger partial charge < -0.3 is 15.2 Å². The number of benzene rings is 1. The van der Waals surface area contributed by atoms with E-state index in [0.717, 1.165) is 6.07 Å². The quantitative estimate of drug-likeness (QED) is 0.862. The molecular weight excluding hydrogens is 325 g/mol. The first-order valence-corrected chi connectivity index (χ1v) is 7.66. The number of hydrogen-bond donors (Lipinski definition) is 2. The van der Waals surface area contributed by atoms with E-state index < -0.39 is 28.6 Å². The van der Waals surface area contributed by atoms with Crippen LogP contribution in [-0.2, 0) is 9.53 Å². The summed E-state index contributed by atoms with van der Waals surface area (Å²) in [6.07, 6.45) is -0.115. The molecule has 1 aliphatic rings. The van der Waals surface area contributed by atoms with E-state index in [0.29, 0.717) is 6.61 Å². The standard InChI is InChI=1S/C16H19ClFNO4/c1-4-23-12-8-16(14(21)22,15(12,2)3)19-13(20)9-5-6-10(17)11(18)7-9/h5-7,12H,4,8H2,1-3H3,(H,19,20)(H,21,22).